The molecule has 0 aromatic heterocycles. The molecule has 1 heterocycles. The molecule has 0 saturated heterocycles. The van der Waals surface area contributed by atoms with Gasteiger partial charge in [0.25, 0.3) is 0 Å². The summed E-state index contributed by atoms with van der Waals surface area (Å²) in [6.07, 6.45) is -0.132. The van der Waals surface area contributed by atoms with Crippen molar-refractivity contribution >= 4 is 18.0 Å². The Bertz CT molecular complexity index is 1250. The summed E-state index contributed by atoms with van der Waals surface area (Å²) in [6.45, 7) is 0.308. The van der Waals surface area contributed by atoms with Gasteiger partial charge in [-0.25, -0.2) is 9.59 Å². The van der Waals surface area contributed by atoms with Gasteiger partial charge in [0.05, 0.1) is 20.8 Å². The van der Waals surface area contributed by atoms with Crippen LogP contribution >= 0.6 is 0 Å². The quantitative estimate of drug-likeness (QED) is 0.473. The summed E-state index contributed by atoms with van der Waals surface area (Å²) >= 11 is 0. The molecule has 0 radical (unpaired) electrons. The Balaban J connectivity index is 1.54. The Kier molecular flexibility index (Phi) is 8.40. The van der Waals surface area contributed by atoms with Crippen LogP contribution in [-0.4, -0.2) is 49.2 Å². The van der Waals surface area contributed by atoms with Gasteiger partial charge in [0.1, 0.15) is 24.4 Å². The summed E-state index contributed by atoms with van der Waals surface area (Å²) in [5.74, 6) is -0.450. The molecule has 8 heteroatoms. The van der Waals surface area contributed by atoms with Gasteiger partial charge in [0, 0.05) is 12.8 Å². The minimum atomic E-state index is -0.965. The van der Waals surface area contributed by atoms with Crippen LogP contribution in [0.2, 0.25) is 0 Å². The van der Waals surface area contributed by atoms with Gasteiger partial charge in [-0.15, -0.1) is 0 Å². The van der Waals surface area contributed by atoms with Gasteiger partial charge in [0.15, 0.2) is 0 Å². The SMILES string of the molecule is COC(=O)C(Cc1ccccc1OC)NC(=O)C1Cc2ccccc2CN1C(=O)OCc1ccccc1. The van der Waals surface area contributed by atoms with Crippen LogP contribution in [0.3, 0.4) is 0 Å². The Labute approximate surface area is 216 Å². The van der Waals surface area contributed by atoms with Crippen LogP contribution < -0.4 is 10.1 Å². The number of carbonyl (C=O) groups excluding carboxylic acids is 3. The third-order valence-corrected chi connectivity index (χ3v) is 6.41. The number of para-hydroxylation sites is 1. The molecule has 2 unspecified atom stereocenters. The van der Waals surface area contributed by atoms with Crippen LogP contribution in [0.15, 0.2) is 78.9 Å². The van der Waals surface area contributed by atoms with Gasteiger partial charge in [0.2, 0.25) is 5.91 Å². The maximum absolute atomic E-state index is 13.6. The molecular weight excluding hydrogens is 472 g/mol. The Morgan fingerprint density at radius 3 is 2.32 bits per heavy atom. The van der Waals surface area contributed by atoms with Gasteiger partial charge in [-0.3, -0.25) is 9.69 Å². The number of hydrogen-bond acceptors (Lipinski definition) is 6. The summed E-state index contributed by atoms with van der Waals surface area (Å²) < 4.78 is 15.9. The first-order valence-electron chi connectivity index (χ1n) is 12.0. The molecule has 1 aliphatic heterocycles. The van der Waals surface area contributed by atoms with E-state index in [1.165, 1.54) is 12.0 Å². The topological polar surface area (TPSA) is 94.2 Å². The average molecular weight is 503 g/mol. The second-order valence-electron chi connectivity index (χ2n) is 8.76. The highest BCUT2D eigenvalue weighted by atomic mass is 16.6. The lowest BCUT2D eigenvalue weighted by molar-refractivity contribution is -0.145. The second-order valence-corrected chi connectivity index (χ2v) is 8.76. The lowest BCUT2D eigenvalue weighted by Gasteiger charge is -2.35. The molecule has 0 fully saturated rings. The highest BCUT2D eigenvalue weighted by Crippen LogP contribution is 2.25. The maximum atomic E-state index is 13.6. The number of methoxy groups -OCH3 is 2. The lowest BCUT2D eigenvalue weighted by atomic mass is 9.93. The number of carbonyl (C=O) groups is 3. The van der Waals surface area contributed by atoms with E-state index in [1.807, 2.05) is 72.8 Å². The number of esters is 1. The van der Waals surface area contributed by atoms with Crippen LogP contribution in [0.4, 0.5) is 4.79 Å². The molecular formula is C29H30N2O6. The molecule has 3 aromatic rings. The van der Waals surface area contributed by atoms with Gasteiger partial charge in [-0.1, -0.05) is 72.8 Å². The van der Waals surface area contributed by atoms with Crippen molar-refractivity contribution in [1.29, 1.82) is 0 Å². The molecule has 2 amide bonds. The van der Waals surface area contributed by atoms with Crippen molar-refractivity contribution < 1.29 is 28.6 Å². The zero-order chi connectivity index (χ0) is 26.2. The predicted molar refractivity (Wildman–Crippen MR) is 137 cm³/mol. The Morgan fingerprint density at radius 2 is 1.59 bits per heavy atom. The van der Waals surface area contributed by atoms with Crippen LogP contribution in [0.5, 0.6) is 5.75 Å². The van der Waals surface area contributed by atoms with E-state index >= 15 is 0 Å². The van der Waals surface area contributed by atoms with E-state index in [9.17, 15) is 14.4 Å². The van der Waals surface area contributed by atoms with Crippen molar-refractivity contribution in [1.82, 2.24) is 10.2 Å². The number of fused-ring (bicyclic) bond motifs is 1. The van der Waals surface area contributed by atoms with E-state index in [1.54, 1.807) is 13.2 Å². The molecule has 1 N–H and O–H groups in total. The highest BCUT2D eigenvalue weighted by Gasteiger charge is 2.37. The van der Waals surface area contributed by atoms with E-state index in [-0.39, 0.29) is 19.6 Å². The zero-order valence-electron chi connectivity index (χ0n) is 20.9. The van der Waals surface area contributed by atoms with Crippen molar-refractivity contribution in [3.05, 3.63) is 101 Å². The summed E-state index contributed by atoms with van der Waals surface area (Å²) in [6, 6.07) is 22.5. The smallest absolute Gasteiger partial charge is 0.411 e. The summed E-state index contributed by atoms with van der Waals surface area (Å²) in [7, 11) is 2.82. The second kappa shape index (κ2) is 12.1. The molecule has 192 valence electrons. The molecule has 0 aliphatic carbocycles. The van der Waals surface area contributed by atoms with Crippen LogP contribution in [0, 0.1) is 0 Å². The standard InChI is InChI=1S/C29H30N2O6/c1-35-26-15-9-8-13-22(26)16-24(28(33)36-2)30-27(32)25-17-21-12-6-7-14-23(21)18-31(25)29(34)37-19-20-10-4-3-5-11-20/h3-15,24-25H,16-19H2,1-2H3,(H,30,32). The molecule has 0 bridgehead atoms. The predicted octanol–water partition coefficient (Wildman–Crippen LogP) is 3.66. The summed E-state index contributed by atoms with van der Waals surface area (Å²) in [5, 5.41) is 2.81. The fourth-order valence-electron chi connectivity index (χ4n) is 4.45. The fourth-order valence-corrected chi connectivity index (χ4v) is 4.45. The number of hydrogen-bond donors (Lipinski definition) is 1. The van der Waals surface area contributed by atoms with Crippen molar-refractivity contribution in [2.24, 2.45) is 0 Å². The molecule has 1 aliphatic rings. The van der Waals surface area contributed by atoms with Crippen molar-refractivity contribution in [3.63, 3.8) is 0 Å². The number of nitrogens with one attached hydrogen (secondary N) is 1. The molecule has 0 saturated carbocycles. The van der Waals surface area contributed by atoms with Crippen LogP contribution in [-0.2, 0) is 45.1 Å². The number of amides is 2. The maximum Gasteiger partial charge on any atom is 0.411 e. The number of ether oxygens (including phenoxy) is 3. The molecule has 4 rings (SSSR count). The summed E-state index contributed by atoms with van der Waals surface area (Å²) in [5.41, 5.74) is 3.50. The summed E-state index contributed by atoms with van der Waals surface area (Å²) in [4.78, 5) is 40.8. The highest BCUT2D eigenvalue weighted by molar-refractivity contribution is 5.90. The van der Waals surface area contributed by atoms with E-state index in [2.05, 4.69) is 5.32 Å². The van der Waals surface area contributed by atoms with Gasteiger partial charge in [-0.2, -0.15) is 0 Å². The third-order valence-electron chi connectivity index (χ3n) is 6.41. The van der Waals surface area contributed by atoms with Crippen molar-refractivity contribution in [3.8, 4) is 5.75 Å². The lowest BCUT2D eigenvalue weighted by Crippen LogP contribution is -2.56. The van der Waals surface area contributed by atoms with Gasteiger partial charge in [-0.05, 0) is 28.3 Å². The third kappa shape index (κ3) is 6.27. The largest absolute Gasteiger partial charge is 0.496 e. The first-order valence-corrected chi connectivity index (χ1v) is 12.0. The van der Waals surface area contributed by atoms with Gasteiger partial charge < -0.3 is 19.5 Å². The van der Waals surface area contributed by atoms with Crippen molar-refractivity contribution in [2.75, 3.05) is 14.2 Å². The molecule has 8 nitrogen and oxygen atoms in total. The van der Waals surface area contributed by atoms with Crippen LogP contribution in [0.1, 0.15) is 22.3 Å². The zero-order valence-corrected chi connectivity index (χ0v) is 20.9. The molecule has 3 aromatic carbocycles. The minimum Gasteiger partial charge on any atom is -0.496 e. The number of benzene rings is 3. The molecule has 2 atom stereocenters. The van der Waals surface area contributed by atoms with Gasteiger partial charge >= 0.3 is 12.1 Å². The number of nitrogens with zero attached hydrogens (tertiary/aromatic N) is 1. The van der Waals surface area contributed by atoms with E-state index in [0.29, 0.717) is 12.2 Å². The first kappa shape index (κ1) is 25.8. The number of rotatable bonds is 8. The Hall–Kier alpha value is -4.33. The minimum absolute atomic E-state index is 0.0880. The Morgan fingerprint density at radius 1 is 0.919 bits per heavy atom. The van der Waals surface area contributed by atoms with E-state index in [0.717, 1.165) is 22.3 Å². The monoisotopic (exact) mass is 502 g/mol. The fraction of sp³-hybridized carbons (Fsp3) is 0.276. The molecule has 0 spiro atoms. The first-order chi connectivity index (χ1) is 18.0. The average Bonchev–Trinajstić information content (AvgIpc) is 2.95. The van der Waals surface area contributed by atoms with E-state index < -0.39 is 30.1 Å². The normalized spacial score (nSPS) is 15.2. The van der Waals surface area contributed by atoms with E-state index in [4.69, 9.17) is 14.2 Å². The molecule has 37 heavy (non-hydrogen) atoms. The van der Waals surface area contributed by atoms with Crippen LogP contribution in [0.25, 0.3) is 0 Å². The van der Waals surface area contributed by atoms with Crippen molar-refractivity contribution in [2.45, 2.75) is 38.1 Å².